The lowest BCUT2D eigenvalue weighted by Gasteiger charge is -2.26. The van der Waals surface area contributed by atoms with E-state index in [9.17, 15) is 14.0 Å². The number of rotatable bonds is 7. The molecule has 0 saturated heterocycles. The van der Waals surface area contributed by atoms with Gasteiger partial charge in [-0.05, 0) is 48.9 Å². The lowest BCUT2D eigenvalue weighted by atomic mass is 9.98. The first kappa shape index (κ1) is 19.8. The Morgan fingerprint density at radius 2 is 2.11 bits per heavy atom. The summed E-state index contributed by atoms with van der Waals surface area (Å²) in [6, 6.07) is 11.0. The highest BCUT2D eigenvalue weighted by Crippen LogP contribution is 2.27. The molecular formula is C21H24FN3O3. The van der Waals surface area contributed by atoms with Crippen LogP contribution in [0.25, 0.3) is 0 Å². The number of benzene rings is 2. The monoisotopic (exact) mass is 385 g/mol. The van der Waals surface area contributed by atoms with Crippen molar-refractivity contribution in [3.8, 4) is 5.75 Å². The summed E-state index contributed by atoms with van der Waals surface area (Å²) in [6.07, 6.45) is 0.911. The van der Waals surface area contributed by atoms with Gasteiger partial charge in [-0.1, -0.05) is 18.2 Å². The van der Waals surface area contributed by atoms with E-state index in [2.05, 4.69) is 16.0 Å². The number of methoxy groups -OCH3 is 1. The van der Waals surface area contributed by atoms with Crippen LogP contribution >= 0.6 is 0 Å². The predicted molar refractivity (Wildman–Crippen MR) is 105 cm³/mol. The molecule has 1 aliphatic heterocycles. The number of hydrogen-bond acceptors (Lipinski definition) is 4. The van der Waals surface area contributed by atoms with E-state index in [0.717, 1.165) is 11.3 Å². The number of halogens is 1. The van der Waals surface area contributed by atoms with Crippen LogP contribution in [-0.2, 0) is 22.4 Å². The van der Waals surface area contributed by atoms with Crippen molar-refractivity contribution in [2.24, 2.45) is 0 Å². The lowest BCUT2D eigenvalue weighted by molar-refractivity contribution is -0.127. The second-order valence-corrected chi connectivity index (χ2v) is 6.82. The Bertz CT molecular complexity index is 872. The molecule has 0 spiro atoms. The first-order chi connectivity index (χ1) is 13.5. The lowest BCUT2D eigenvalue weighted by Crippen LogP contribution is -2.49. The summed E-state index contributed by atoms with van der Waals surface area (Å²) >= 11 is 0. The highest BCUT2D eigenvalue weighted by molar-refractivity contribution is 6.00. The Morgan fingerprint density at radius 3 is 2.82 bits per heavy atom. The fraction of sp³-hybridized carbons (Fsp3) is 0.333. The van der Waals surface area contributed by atoms with Gasteiger partial charge in [0.15, 0.2) is 0 Å². The average Bonchev–Trinajstić information content (AvgIpc) is 2.69. The third kappa shape index (κ3) is 4.67. The summed E-state index contributed by atoms with van der Waals surface area (Å²) in [4.78, 5) is 24.8. The average molecular weight is 385 g/mol. The van der Waals surface area contributed by atoms with Gasteiger partial charge in [0.1, 0.15) is 17.6 Å². The fourth-order valence-electron chi connectivity index (χ4n) is 3.32. The molecule has 0 fully saturated rings. The van der Waals surface area contributed by atoms with Crippen LogP contribution in [-0.4, -0.2) is 38.1 Å². The van der Waals surface area contributed by atoms with Crippen LogP contribution < -0.4 is 20.7 Å². The Balaban J connectivity index is 1.61. The van der Waals surface area contributed by atoms with Crippen molar-refractivity contribution >= 4 is 17.5 Å². The van der Waals surface area contributed by atoms with Crippen LogP contribution in [0, 0.1) is 5.82 Å². The largest absolute Gasteiger partial charge is 0.497 e. The number of ether oxygens (including phenoxy) is 1. The van der Waals surface area contributed by atoms with Crippen molar-refractivity contribution < 1.29 is 18.7 Å². The van der Waals surface area contributed by atoms with E-state index in [0.29, 0.717) is 24.2 Å². The van der Waals surface area contributed by atoms with Crippen molar-refractivity contribution in [2.45, 2.75) is 31.3 Å². The minimum atomic E-state index is -0.655. The summed E-state index contributed by atoms with van der Waals surface area (Å²) in [5, 5.41) is 8.64. The van der Waals surface area contributed by atoms with E-state index >= 15 is 0 Å². The van der Waals surface area contributed by atoms with Crippen molar-refractivity contribution in [3.05, 3.63) is 59.4 Å². The molecule has 28 heavy (non-hydrogen) atoms. The number of anilines is 1. The maximum absolute atomic E-state index is 13.9. The highest BCUT2D eigenvalue weighted by Gasteiger charge is 2.28. The van der Waals surface area contributed by atoms with Gasteiger partial charge in [0.25, 0.3) is 0 Å². The number of carbonyl (C=O) groups is 2. The molecule has 0 aliphatic carbocycles. The standard InChI is InChI=1S/C21H24FN3O3/c1-23-15(9-13-5-3-4-6-17(13)22)12-20(26)24-19-11-14-10-16(28-2)7-8-18(14)25-21(19)27/h3-8,10,15,19,23H,9,11-12H2,1-2H3,(H,24,26)(H,25,27)/t15-,19?/m1/s1. The first-order valence-electron chi connectivity index (χ1n) is 9.18. The van der Waals surface area contributed by atoms with E-state index < -0.39 is 6.04 Å². The molecule has 0 saturated carbocycles. The molecular weight excluding hydrogens is 361 g/mol. The van der Waals surface area contributed by atoms with Gasteiger partial charge in [-0.2, -0.15) is 0 Å². The van der Waals surface area contributed by atoms with E-state index in [4.69, 9.17) is 4.74 Å². The molecule has 148 valence electrons. The van der Waals surface area contributed by atoms with Crippen LogP contribution in [0.4, 0.5) is 10.1 Å². The maximum Gasteiger partial charge on any atom is 0.247 e. The summed E-state index contributed by atoms with van der Waals surface area (Å²) in [5.41, 5.74) is 2.18. The Labute approximate surface area is 163 Å². The van der Waals surface area contributed by atoms with Crippen molar-refractivity contribution in [2.75, 3.05) is 19.5 Å². The SMILES string of the molecule is CN[C@@H](CC(=O)NC1Cc2cc(OC)ccc2NC1=O)Cc1ccccc1F. The molecule has 6 nitrogen and oxygen atoms in total. The molecule has 1 aliphatic rings. The molecule has 0 aromatic heterocycles. The number of carbonyl (C=O) groups excluding carboxylic acids is 2. The third-order valence-electron chi connectivity index (χ3n) is 4.91. The molecule has 7 heteroatoms. The molecule has 1 unspecified atom stereocenters. The van der Waals surface area contributed by atoms with Gasteiger partial charge in [-0.3, -0.25) is 9.59 Å². The predicted octanol–water partition coefficient (Wildman–Crippen LogP) is 2.03. The molecule has 1 heterocycles. The molecule has 2 atom stereocenters. The van der Waals surface area contributed by atoms with Crippen molar-refractivity contribution in [3.63, 3.8) is 0 Å². The minimum absolute atomic E-state index is 0.138. The number of fused-ring (bicyclic) bond motifs is 1. The van der Waals surface area contributed by atoms with Gasteiger partial charge < -0.3 is 20.7 Å². The molecule has 2 aromatic rings. The van der Waals surface area contributed by atoms with Crippen LogP contribution in [0.3, 0.4) is 0 Å². The molecule has 3 rings (SSSR count). The van der Waals surface area contributed by atoms with Crippen LogP contribution in [0.5, 0.6) is 5.75 Å². The fourth-order valence-corrected chi connectivity index (χ4v) is 3.32. The van der Waals surface area contributed by atoms with Crippen LogP contribution in [0.1, 0.15) is 17.5 Å². The van der Waals surface area contributed by atoms with Crippen LogP contribution in [0.2, 0.25) is 0 Å². The van der Waals surface area contributed by atoms with E-state index in [1.807, 2.05) is 6.07 Å². The zero-order valence-electron chi connectivity index (χ0n) is 15.9. The van der Waals surface area contributed by atoms with E-state index in [1.165, 1.54) is 6.07 Å². The van der Waals surface area contributed by atoms with Gasteiger partial charge in [-0.25, -0.2) is 4.39 Å². The Hall–Kier alpha value is -2.93. The normalized spacial score (nSPS) is 16.7. The number of likely N-dealkylation sites (N-methyl/N-ethyl adjacent to an activating group) is 1. The Morgan fingerprint density at radius 1 is 1.32 bits per heavy atom. The summed E-state index contributed by atoms with van der Waals surface area (Å²) < 4.78 is 19.1. The quantitative estimate of drug-likeness (QED) is 0.682. The van der Waals surface area contributed by atoms with Gasteiger partial charge in [0.2, 0.25) is 11.8 Å². The highest BCUT2D eigenvalue weighted by atomic mass is 19.1. The number of amides is 2. The third-order valence-corrected chi connectivity index (χ3v) is 4.91. The number of nitrogens with one attached hydrogen (secondary N) is 3. The zero-order chi connectivity index (χ0) is 20.1. The number of hydrogen-bond donors (Lipinski definition) is 3. The maximum atomic E-state index is 13.9. The van der Waals surface area contributed by atoms with Gasteiger partial charge >= 0.3 is 0 Å². The van der Waals surface area contributed by atoms with Crippen LogP contribution in [0.15, 0.2) is 42.5 Å². The molecule has 0 radical (unpaired) electrons. The molecule has 0 bridgehead atoms. The van der Waals surface area contributed by atoms with Gasteiger partial charge in [0, 0.05) is 24.6 Å². The smallest absolute Gasteiger partial charge is 0.247 e. The zero-order valence-corrected chi connectivity index (χ0v) is 15.9. The second-order valence-electron chi connectivity index (χ2n) is 6.82. The topological polar surface area (TPSA) is 79.5 Å². The van der Waals surface area contributed by atoms with Gasteiger partial charge in [0.05, 0.1) is 7.11 Å². The molecule has 2 amide bonds. The summed E-state index contributed by atoms with van der Waals surface area (Å²) in [5.74, 6) is -0.108. The van der Waals surface area contributed by atoms with Crippen molar-refractivity contribution in [1.82, 2.24) is 10.6 Å². The van der Waals surface area contributed by atoms with Crippen molar-refractivity contribution in [1.29, 1.82) is 0 Å². The summed E-state index contributed by atoms with van der Waals surface area (Å²) in [6.45, 7) is 0. The van der Waals surface area contributed by atoms with E-state index in [-0.39, 0.29) is 30.1 Å². The first-order valence-corrected chi connectivity index (χ1v) is 9.18. The van der Waals surface area contributed by atoms with E-state index in [1.54, 1.807) is 44.5 Å². The minimum Gasteiger partial charge on any atom is -0.497 e. The van der Waals surface area contributed by atoms with Gasteiger partial charge in [-0.15, -0.1) is 0 Å². The summed E-state index contributed by atoms with van der Waals surface area (Å²) in [7, 11) is 3.31. The Kier molecular flexibility index (Phi) is 6.26. The second kappa shape index (κ2) is 8.84. The molecule has 3 N–H and O–H groups in total. The molecule has 2 aromatic carbocycles.